The SMILES string of the molecule is CCOC(=O)CN(C(=O)NC(CC)CC(=O)O)C(C)C. The van der Waals surface area contributed by atoms with Crippen molar-refractivity contribution in [1.29, 1.82) is 0 Å². The van der Waals surface area contributed by atoms with Crippen LogP contribution in [0.15, 0.2) is 0 Å². The molecule has 0 aromatic carbocycles. The molecule has 0 saturated carbocycles. The molecule has 0 aliphatic carbocycles. The molecule has 0 spiro atoms. The number of ether oxygens (including phenoxy) is 1. The molecule has 2 N–H and O–H groups in total. The molecule has 7 nitrogen and oxygen atoms in total. The normalized spacial score (nSPS) is 11.8. The summed E-state index contributed by atoms with van der Waals surface area (Å²) in [6.07, 6.45) is 0.358. The van der Waals surface area contributed by atoms with Crippen LogP contribution in [0.3, 0.4) is 0 Å². The topological polar surface area (TPSA) is 95.9 Å². The number of carbonyl (C=O) groups excluding carboxylic acids is 2. The van der Waals surface area contributed by atoms with E-state index in [9.17, 15) is 14.4 Å². The molecule has 7 heteroatoms. The Labute approximate surface area is 119 Å². The number of carboxylic acid groups (broad SMARTS) is 1. The van der Waals surface area contributed by atoms with Crippen LogP contribution in [0.1, 0.15) is 40.5 Å². The smallest absolute Gasteiger partial charge is 0.325 e. The third kappa shape index (κ3) is 6.96. The number of carboxylic acids is 1. The molecule has 0 aromatic rings. The zero-order chi connectivity index (χ0) is 15.7. The first-order valence-electron chi connectivity index (χ1n) is 6.76. The van der Waals surface area contributed by atoms with Crippen LogP contribution < -0.4 is 5.32 Å². The summed E-state index contributed by atoms with van der Waals surface area (Å²) in [6.45, 7) is 7.13. The summed E-state index contributed by atoms with van der Waals surface area (Å²) in [5, 5.41) is 11.4. The number of nitrogens with zero attached hydrogens (tertiary/aromatic N) is 1. The summed E-state index contributed by atoms with van der Waals surface area (Å²) in [7, 11) is 0. The number of hydrogen-bond acceptors (Lipinski definition) is 4. The molecule has 0 aliphatic heterocycles. The van der Waals surface area contributed by atoms with Gasteiger partial charge < -0.3 is 20.1 Å². The van der Waals surface area contributed by atoms with Gasteiger partial charge in [0.05, 0.1) is 13.0 Å². The standard InChI is InChI=1S/C13H24N2O5/c1-5-10(7-11(16)17)14-13(19)15(9(3)4)8-12(18)20-6-2/h9-10H,5-8H2,1-4H3,(H,14,19)(H,16,17). The quantitative estimate of drug-likeness (QED) is 0.655. The molecule has 116 valence electrons. The van der Waals surface area contributed by atoms with Gasteiger partial charge in [-0.15, -0.1) is 0 Å². The maximum absolute atomic E-state index is 12.1. The molecule has 0 aromatic heterocycles. The third-order valence-electron chi connectivity index (χ3n) is 2.73. The molecule has 20 heavy (non-hydrogen) atoms. The Balaban J connectivity index is 4.63. The number of nitrogens with one attached hydrogen (secondary N) is 1. The van der Waals surface area contributed by atoms with Gasteiger partial charge in [-0.3, -0.25) is 9.59 Å². The van der Waals surface area contributed by atoms with E-state index in [1.807, 2.05) is 0 Å². The molecule has 0 bridgehead atoms. The van der Waals surface area contributed by atoms with Crippen LogP contribution in [0.5, 0.6) is 0 Å². The third-order valence-corrected chi connectivity index (χ3v) is 2.73. The maximum Gasteiger partial charge on any atom is 0.325 e. The van der Waals surface area contributed by atoms with E-state index in [4.69, 9.17) is 9.84 Å². The van der Waals surface area contributed by atoms with Gasteiger partial charge in [0, 0.05) is 12.1 Å². The summed E-state index contributed by atoms with van der Waals surface area (Å²) in [6, 6.07) is -1.11. The lowest BCUT2D eigenvalue weighted by Gasteiger charge is -2.28. The summed E-state index contributed by atoms with van der Waals surface area (Å²) in [5.74, 6) is -1.46. The van der Waals surface area contributed by atoms with Gasteiger partial charge in [0.2, 0.25) is 0 Å². The lowest BCUT2D eigenvalue weighted by molar-refractivity contribution is -0.144. The second kappa shape index (κ2) is 9.17. The van der Waals surface area contributed by atoms with E-state index in [1.165, 1.54) is 4.90 Å². The first-order chi connectivity index (χ1) is 9.31. The van der Waals surface area contributed by atoms with Crippen LogP contribution in [-0.2, 0) is 14.3 Å². The average molecular weight is 288 g/mol. The van der Waals surface area contributed by atoms with E-state index in [-0.39, 0.29) is 25.6 Å². The number of urea groups is 1. The van der Waals surface area contributed by atoms with Crippen LogP contribution in [0.2, 0.25) is 0 Å². The maximum atomic E-state index is 12.1. The van der Waals surface area contributed by atoms with Gasteiger partial charge in [0.1, 0.15) is 6.54 Å². The summed E-state index contributed by atoms with van der Waals surface area (Å²) in [4.78, 5) is 35.5. The number of hydrogen-bond donors (Lipinski definition) is 2. The number of esters is 1. The van der Waals surface area contributed by atoms with Gasteiger partial charge >= 0.3 is 18.0 Å². The highest BCUT2D eigenvalue weighted by Gasteiger charge is 2.23. The van der Waals surface area contributed by atoms with Crippen molar-refractivity contribution in [3.63, 3.8) is 0 Å². The van der Waals surface area contributed by atoms with E-state index in [2.05, 4.69) is 5.32 Å². The van der Waals surface area contributed by atoms with E-state index in [0.29, 0.717) is 6.42 Å². The zero-order valence-electron chi connectivity index (χ0n) is 12.5. The lowest BCUT2D eigenvalue weighted by atomic mass is 10.1. The Bertz CT molecular complexity index is 344. The number of aliphatic carboxylic acids is 1. The number of carbonyl (C=O) groups is 3. The molecular formula is C13H24N2O5. The van der Waals surface area contributed by atoms with Crippen molar-refractivity contribution in [2.24, 2.45) is 0 Å². The highest BCUT2D eigenvalue weighted by atomic mass is 16.5. The molecule has 0 rings (SSSR count). The molecule has 0 radical (unpaired) electrons. The summed E-state index contributed by atoms with van der Waals surface area (Å²) in [5.41, 5.74) is 0. The minimum Gasteiger partial charge on any atom is -0.481 e. The van der Waals surface area contributed by atoms with E-state index in [0.717, 1.165) is 0 Å². The minimum absolute atomic E-state index is 0.145. The summed E-state index contributed by atoms with van der Waals surface area (Å²) >= 11 is 0. The van der Waals surface area contributed by atoms with Crippen molar-refractivity contribution >= 4 is 18.0 Å². The Hall–Kier alpha value is -1.79. The van der Waals surface area contributed by atoms with E-state index >= 15 is 0 Å². The first kappa shape index (κ1) is 18.2. The van der Waals surface area contributed by atoms with Crippen LogP contribution in [0.25, 0.3) is 0 Å². The number of amides is 2. The molecule has 0 fully saturated rings. The van der Waals surface area contributed by atoms with E-state index < -0.39 is 24.0 Å². The molecule has 2 amide bonds. The number of rotatable bonds is 8. The highest BCUT2D eigenvalue weighted by molar-refractivity contribution is 5.81. The molecular weight excluding hydrogens is 264 g/mol. The van der Waals surface area contributed by atoms with Gasteiger partial charge in [0.15, 0.2) is 0 Å². The van der Waals surface area contributed by atoms with Gasteiger partial charge in [-0.2, -0.15) is 0 Å². The van der Waals surface area contributed by atoms with Crippen molar-refractivity contribution in [2.75, 3.05) is 13.2 Å². The second-order valence-electron chi connectivity index (χ2n) is 4.68. The second-order valence-corrected chi connectivity index (χ2v) is 4.68. The Kier molecular flexibility index (Phi) is 8.35. The van der Waals surface area contributed by atoms with Gasteiger partial charge in [-0.05, 0) is 27.2 Å². The summed E-state index contributed by atoms with van der Waals surface area (Å²) < 4.78 is 4.81. The van der Waals surface area contributed by atoms with Crippen molar-refractivity contribution < 1.29 is 24.2 Å². The lowest BCUT2D eigenvalue weighted by Crippen LogP contribution is -2.50. The molecule has 1 unspecified atom stereocenters. The van der Waals surface area contributed by atoms with Gasteiger partial charge in [0.25, 0.3) is 0 Å². The van der Waals surface area contributed by atoms with Crippen LogP contribution in [0, 0.1) is 0 Å². The molecule has 0 aliphatic rings. The van der Waals surface area contributed by atoms with Gasteiger partial charge in [-0.1, -0.05) is 6.92 Å². The van der Waals surface area contributed by atoms with Crippen molar-refractivity contribution in [2.45, 2.75) is 52.6 Å². The largest absolute Gasteiger partial charge is 0.481 e. The molecule has 1 atom stereocenters. The van der Waals surface area contributed by atoms with Crippen molar-refractivity contribution in [1.82, 2.24) is 10.2 Å². The molecule has 0 heterocycles. The fourth-order valence-electron chi connectivity index (χ4n) is 1.60. The van der Waals surface area contributed by atoms with Crippen LogP contribution >= 0.6 is 0 Å². The predicted octanol–water partition coefficient (Wildman–Crippen LogP) is 1.22. The van der Waals surface area contributed by atoms with Crippen molar-refractivity contribution in [3.8, 4) is 0 Å². The monoisotopic (exact) mass is 288 g/mol. The molecule has 0 saturated heterocycles. The van der Waals surface area contributed by atoms with Gasteiger partial charge in [-0.25, -0.2) is 4.79 Å². The van der Waals surface area contributed by atoms with Crippen LogP contribution in [-0.4, -0.2) is 53.2 Å². The fourth-order valence-corrected chi connectivity index (χ4v) is 1.60. The van der Waals surface area contributed by atoms with Crippen molar-refractivity contribution in [3.05, 3.63) is 0 Å². The average Bonchev–Trinajstić information content (AvgIpc) is 2.34. The minimum atomic E-state index is -0.973. The Morgan fingerprint density at radius 1 is 1.25 bits per heavy atom. The predicted molar refractivity (Wildman–Crippen MR) is 73.3 cm³/mol. The zero-order valence-corrected chi connectivity index (χ0v) is 12.5. The highest BCUT2D eigenvalue weighted by Crippen LogP contribution is 2.04. The Morgan fingerprint density at radius 2 is 1.85 bits per heavy atom. The van der Waals surface area contributed by atoms with E-state index in [1.54, 1.807) is 27.7 Å². The first-order valence-corrected chi connectivity index (χ1v) is 6.76. The Morgan fingerprint density at radius 3 is 2.25 bits per heavy atom. The van der Waals surface area contributed by atoms with Crippen LogP contribution in [0.4, 0.5) is 4.79 Å². The fraction of sp³-hybridized carbons (Fsp3) is 0.769.